The van der Waals surface area contributed by atoms with Gasteiger partial charge in [-0.1, -0.05) is 6.08 Å². The van der Waals surface area contributed by atoms with E-state index in [2.05, 4.69) is 50.6 Å². The summed E-state index contributed by atoms with van der Waals surface area (Å²) in [6.45, 7) is 15.8. The SMILES string of the molecule is C=CCN(Cc1cc(CNC(C)(C)C)sc1C)C1CC1. The third-order valence-electron chi connectivity index (χ3n) is 3.66. The molecule has 1 aliphatic rings. The number of nitrogens with one attached hydrogen (secondary N) is 1. The average molecular weight is 292 g/mol. The van der Waals surface area contributed by atoms with E-state index in [9.17, 15) is 0 Å². The fourth-order valence-electron chi connectivity index (χ4n) is 2.35. The van der Waals surface area contributed by atoms with E-state index in [0.717, 1.165) is 25.7 Å². The Labute approximate surface area is 127 Å². The van der Waals surface area contributed by atoms with Gasteiger partial charge in [0.15, 0.2) is 0 Å². The first-order valence-corrected chi connectivity index (χ1v) is 8.39. The van der Waals surface area contributed by atoms with Crippen molar-refractivity contribution in [2.45, 2.75) is 65.2 Å². The lowest BCUT2D eigenvalue weighted by molar-refractivity contribution is 0.283. The van der Waals surface area contributed by atoms with Crippen molar-refractivity contribution >= 4 is 11.3 Å². The molecular formula is C17H28N2S. The second-order valence-corrected chi connectivity index (χ2v) is 8.19. The maximum atomic E-state index is 3.89. The molecule has 0 atom stereocenters. The predicted octanol–water partition coefficient (Wildman–Crippen LogP) is 4.10. The first-order chi connectivity index (χ1) is 9.39. The van der Waals surface area contributed by atoms with E-state index in [1.54, 1.807) is 0 Å². The molecule has 0 unspecified atom stereocenters. The van der Waals surface area contributed by atoms with Crippen molar-refractivity contribution < 1.29 is 0 Å². The molecule has 1 fully saturated rings. The van der Waals surface area contributed by atoms with Gasteiger partial charge in [0.05, 0.1) is 0 Å². The summed E-state index contributed by atoms with van der Waals surface area (Å²) in [5, 5.41) is 3.57. The highest BCUT2D eigenvalue weighted by Gasteiger charge is 2.28. The van der Waals surface area contributed by atoms with Gasteiger partial charge in [-0.15, -0.1) is 17.9 Å². The zero-order chi connectivity index (χ0) is 14.8. The second kappa shape index (κ2) is 6.42. The minimum Gasteiger partial charge on any atom is -0.307 e. The maximum absolute atomic E-state index is 3.89. The molecule has 2 rings (SSSR count). The summed E-state index contributed by atoms with van der Waals surface area (Å²) in [6, 6.07) is 3.18. The van der Waals surface area contributed by atoms with Crippen molar-refractivity contribution in [1.82, 2.24) is 10.2 Å². The van der Waals surface area contributed by atoms with Crippen LogP contribution in [0.1, 0.15) is 48.9 Å². The van der Waals surface area contributed by atoms with Crippen LogP contribution in [0, 0.1) is 6.92 Å². The Morgan fingerprint density at radius 1 is 1.45 bits per heavy atom. The first kappa shape index (κ1) is 15.7. The largest absolute Gasteiger partial charge is 0.307 e. The summed E-state index contributed by atoms with van der Waals surface area (Å²) in [4.78, 5) is 5.47. The van der Waals surface area contributed by atoms with Crippen molar-refractivity contribution in [3.05, 3.63) is 34.0 Å². The molecule has 0 aromatic carbocycles. The van der Waals surface area contributed by atoms with Crippen LogP contribution < -0.4 is 5.32 Å². The molecule has 0 saturated heterocycles. The fourth-order valence-corrected chi connectivity index (χ4v) is 3.34. The van der Waals surface area contributed by atoms with Crippen LogP contribution in [0.25, 0.3) is 0 Å². The minimum atomic E-state index is 0.181. The van der Waals surface area contributed by atoms with Crippen molar-refractivity contribution in [3.8, 4) is 0 Å². The Morgan fingerprint density at radius 2 is 2.15 bits per heavy atom. The van der Waals surface area contributed by atoms with Gasteiger partial charge in [0.25, 0.3) is 0 Å². The standard InChI is InChI=1S/C17H28N2S/c1-6-9-19(15-7-8-15)12-14-10-16(20-13(14)2)11-18-17(3,4)5/h6,10,15,18H,1,7-9,11-12H2,2-5H3. The topological polar surface area (TPSA) is 15.3 Å². The highest BCUT2D eigenvalue weighted by molar-refractivity contribution is 7.12. The van der Waals surface area contributed by atoms with Gasteiger partial charge in [-0.2, -0.15) is 0 Å². The van der Waals surface area contributed by atoms with Crippen molar-refractivity contribution in [3.63, 3.8) is 0 Å². The molecule has 0 amide bonds. The van der Waals surface area contributed by atoms with Gasteiger partial charge in [-0.3, -0.25) is 4.90 Å². The first-order valence-electron chi connectivity index (χ1n) is 7.57. The molecule has 1 aromatic rings. The van der Waals surface area contributed by atoms with E-state index >= 15 is 0 Å². The van der Waals surface area contributed by atoms with Gasteiger partial charge < -0.3 is 5.32 Å². The lowest BCUT2D eigenvalue weighted by atomic mass is 10.1. The summed E-state index contributed by atoms with van der Waals surface area (Å²) >= 11 is 1.93. The van der Waals surface area contributed by atoms with Gasteiger partial charge in [-0.05, 0) is 52.2 Å². The Kier molecular flexibility index (Phi) is 5.05. The monoisotopic (exact) mass is 292 g/mol. The molecule has 1 aromatic heterocycles. The molecule has 1 aliphatic carbocycles. The molecule has 0 bridgehead atoms. The van der Waals surface area contributed by atoms with E-state index in [1.807, 2.05) is 17.4 Å². The summed E-state index contributed by atoms with van der Waals surface area (Å²) in [7, 11) is 0. The number of hydrogen-bond donors (Lipinski definition) is 1. The lowest BCUT2D eigenvalue weighted by Gasteiger charge is -2.20. The number of nitrogens with zero attached hydrogens (tertiary/aromatic N) is 1. The van der Waals surface area contributed by atoms with Crippen LogP contribution in [0.5, 0.6) is 0 Å². The van der Waals surface area contributed by atoms with Crippen molar-refractivity contribution in [2.75, 3.05) is 6.54 Å². The van der Waals surface area contributed by atoms with Crippen LogP contribution in [0.2, 0.25) is 0 Å². The highest BCUT2D eigenvalue weighted by atomic mass is 32.1. The number of hydrogen-bond acceptors (Lipinski definition) is 3. The third kappa shape index (κ3) is 4.72. The molecule has 20 heavy (non-hydrogen) atoms. The molecule has 0 aliphatic heterocycles. The second-order valence-electron chi connectivity index (χ2n) is 6.85. The average Bonchev–Trinajstić information content (AvgIpc) is 3.12. The van der Waals surface area contributed by atoms with Crippen LogP contribution in [0.4, 0.5) is 0 Å². The summed E-state index contributed by atoms with van der Waals surface area (Å²) in [5.74, 6) is 0. The molecule has 1 heterocycles. The van der Waals surface area contributed by atoms with Crippen LogP contribution in [0.15, 0.2) is 18.7 Å². The van der Waals surface area contributed by atoms with Crippen LogP contribution in [-0.4, -0.2) is 23.0 Å². The molecule has 1 saturated carbocycles. The summed E-state index contributed by atoms with van der Waals surface area (Å²) in [5.41, 5.74) is 1.68. The smallest absolute Gasteiger partial charge is 0.0304 e. The quantitative estimate of drug-likeness (QED) is 0.761. The zero-order valence-electron chi connectivity index (χ0n) is 13.3. The lowest BCUT2D eigenvalue weighted by Crippen LogP contribution is -2.34. The fraction of sp³-hybridized carbons (Fsp3) is 0.647. The van der Waals surface area contributed by atoms with E-state index in [0.29, 0.717) is 0 Å². The summed E-state index contributed by atoms with van der Waals surface area (Å²) in [6.07, 6.45) is 4.74. The molecule has 0 spiro atoms. The highest BCUT2D eigenvalue weighted by Crippen LogP contribution is 2.30. The van der Waals surface area contributed by atoms with Crippen molar-refractivity contribution in [2.24, 2.45) is 0 Å². The Bertz CT molecular complexity index is 452. The van der Waals surface area contributed by atoms with Gasteiger partial charge >= 0.3 is 0 Å². The maximum Gasteiger partial charge on any atom is 0.0304 e. The van der Waals surface area contributed by atoms with E-state index in [4.69, 9.17) is 0 Å². The van der Waals surface area contributed by atoms with Crippen molar-refractivity contribution in [1.29, 1.82) is 0 Å². The minimum absolute atomic E-state index is 0.181. The molecule has 3 heteroatoms. The molecule has 112 valence electrons. The third-order valence-corrected chi connectivity index (χ3v) is 4.76. The summed E-state index contributed by atoms with van der Waals surface area (Å²) < 4.78 is 0. The van der Waals surface area contributed by atoms with Crippen LogP contribution in [0.3, 0.4) is 0 Å². The van der Waals surface area contributed by atoms with Crippen LogP contribution in [-0.2, 0) is 13.1 Å². The van der Waals surface area contributed by atoms with Gasteiger partial charge in [0.1, 0.15) is 0 Å². The van der Waals surface area contributed by atoms with Gasteiger partial charge in [0, 0.05) is 41.0 Å². The zero-order valence-corrected chi connectivity index (χ0v) is 14.1. The Hall–Kier alpha value is -0.640. The number of thiophene rings is 1. The van der Waals surface area contributed by atoms with Crippen LogP contribution >= 0.6 is 11.3 Å². The predicted molar refractivity (Wildman–Crippen MR) is 89.3 cm³/mol. The molecule has 2 nitrogen and oxygen atoms in total. The van der Waals surface area contributed by atoms with Gasteiger partial charge in [-0.25, -0.2) is 0 Å². The normalized spacial score (nSPS) is 15.8. The van der Waals surface area contributed by atoms with Gasteiger partial charge in [0.2, 0.25) is 0 Å². The van der Waals surface area contributed by atoms with E-state index < -0.39 is 0 Å². The number of rotatable bonds is 7. The number of aryl methyl sites for hydroxylation is 1. The van der Waals surface area contributed by atoms with E-state index in [1.165, 1.54) is 28.2 Å². The van der Waals surface area contributed by atoms with E-state index in [-0.39, 0.29) is 5.54 Å². The molecule has 1 N–H and O–H groups in total. The molecule has 0 radical (unpaired) electrons. The Balaban J connectivity index is 1.97. The Morgan fingerprint density at radius 3 is 2.70 bits per heavy atom. The molecular weight excluding hydrogens is 264 g/mol.